The maximum absolute atomic E-state index is 13.4. The Bertz CT molecular complexity index is 1200. The minimum Gasteiger partial charge on any atom is -0.462 e. The minimum absolute atomic E-state index is 0.0282. The third-order valence-electron chi connectivity index (χ3n) is 15.0. The smallest absolute Gasteiger partial charge is 0.306 e. The zero-order chi connectivity index (χ0) is 39.0. The van der Waals surface area contributed by atoms with Gasteiger partial charge in [0.15, 0.2) is 0 Å². The largest absolute Gasteiger partial charge is 0.462 e. The predicted octanol–water partition coefficient (Wildman–Crippen LogP) is 9.56. The molecule has 0 aromatic heterocycles. The third kappa shape index (κ3) is 12.3. The van der Waals surface area contributed by atoms with Gasteiger partial charge in [-0.05, 0) is 164 Å². The van der Waals surface area contributed by atoms with E-state index in [1.807, 2.05) is 32.6 Å². The van der Waals surface area contributed by atoms with Gasteiger partial charge in [-0.15, -0.1) is 0 Å². The van der Waals surface area contributed by atoms with Crippen LogP contribution >= 0.6 is 0 Å². The molecule has 0 spiro atoms. The number of carbonyl (C=O) groups is 2. The van der Waals surface area contributed by atoms with Gasteiger partial charge in [-0.25, -0.2) is 0 Å². The van der Waals surface area contributed by atoms with Gasteiger partial charge in [-0.1, -0.05) is 65.5 Å². The number of nitrogens with one attached hydrogen (secondary N) is 1. The summed E-state index contributed by atoms with van der Waals surface area (Å²) in [5, 5.41) is 3.47. The number of unbranched alkanes of at least 4 members (excludes halogenated alkanes) is 1. The highest BCUT2D eigenvalue weighted by atomic mass is 16.5. The van der Waals surface area contributed by atoms with Crippen molar-refractivity contribution in [2.24, 2.45) is 57.8 Å². The fraction of sp³-hybridized carbons (Fsp3) is 0.913. The number of nitrogens with zero attached hydrogens (tertiary/aromatic N) is 1. The van der Waals surface area contributed by atoms with Crippen LogP contribution < -0.4 is 16.8 Å². The molecule has 0 heterocycles. The van der Waals surface area contributed by atoms with Crippen LogP contribution in [0, 0.1) is 46.3 Å². The van der Waals surface area contributed by atoms with E-state index < -0.39 is 0 Å². The van der Waals surface area contributed by atoms with Crippen LogP contribution in [0.5, 0.6) is 0 Å². The molecule has 8 atom stereocenters. The van der Waals surface area contributed by atoms with Gasteiger partial charge in [-0.3, -0.25) is 9.59 Å². The van der Waals surface area contributed by atoms with E-state index in [0.29, 0.717) is 18.5 Å². The van der Waals surface area contributed by atoms with Crippen LogP contribution in [0.1, 0.15) is 178 Å². The molecule has 7 heteroatoms. The van der Waals surface area contributed by atoms with Crippen molar-refractivity contribution in [2.75, 3.05) is 26.2 Å². The van der Waals surface area contributed by atoms with Crippen molar-refractivity contribution < 1.29 is 14.3 Å². The molecular weight excluding hydrogens is 657 g/mol. The Hall–Kier alpha value is -1.44. The molecule has 3 saturated carbocycles. The van der Waals surface area contributed by atoms with Gasteiger partial charge >= 0.3 is 5.97 Å². The lowest BCUT2D eigenvalue weighted by atomic mass is 9.47. The van der Waals surface area contributed by atoms with E-state index in [1.165, 1.54) is 57.8 Å². The number of nitrogens with two attached hydrogens (primary N) is 2. The zero-order valence-electron chi connectivity index (χ0n) is 36.0. The summed E-state index contributed by atoms with van der Waals surface area (Å²) in [4.78, 5) is 28.4. The number of esters is 1. The van der Waals surface area contributed by atoms with Gasteiger partial charge < -0.3 is 26.4 Å². The molecule has 0 aromatic carbocycles. The number of carbonyl (C=O) groups excluding carboxylic acids is 2. The highest BCUT2D eigenvalue weighted by molar-refractivity contribution is 5.81. The Morgan fingerprint density at radius 1 is 0.925 bits per heavy atom. The average molecular weight is 741 g/mol. The van der Waals surface area contributed by atoms with Gasteiger partial charge in [0.25, 0.3) is 0 Å². The van der Waals surface area contributed by atoms with Crippen molar-refractivity contribution in [3.8, 4) is 0 Å². The van der Waals surface area contributed by atoms with Crippen molar-refractivity contribution in [1.82, 2.24) is 10.2 Å². The number of hydrogen-bond acceptors (Lipinski definition) is 6. The Morgan fingerprint density at radius 3 is 2.34 bits per heavy atom. The van der Waals surface area contributed by atoms with Crippen LogP contribution in [0.3, 0.4) is 0 Å². The normalized spacial score (nSPS) is 30.6. The highest BCUT2D eigenvalue weighted by Crippen LogP contribution is 2.67. The molecule has 4 rings (SSSR count). The maximum atomic E-state index is 13.4. The Labute approximate surface area is 326 Å². The van der Waals surface area contributed by atoms with Gasteiger partial charge in [0.05, 0.1) is 6.42 Å². The first-order valence-corrected chi connectivity index (χ1v) is 22.3. The topological polar surface area (TPSA) is 111 Å². The summed E-state index contributed by atoms with van der Waals surface area (Å²) in [6, 6.07) is 0. The number of fused-ring (bicyclic) bond motifs is 5. The molecule has 5 N–H and O–H groups in total. The van der Waals surface area contributed by atoms with Gasteiger partial charge in [0, 0.05) is 37.0 Å². The summed E-state index contributed by atoms with van der Waals surface area (Å²) in [5.74, 6) is 4.83. The summed E-state index contributed by atoms with van der Waals surface area (Å²) in [5.41, 5.74) is 14.2. The van der Waals surface area contributed by atoms with E-state index in [1.54, 1.807) is 5.57 Å². The molecule has 7 nitrogen and oxygen atoms in total. The van der Waals surface area contributed by atoms with Crippen LogP contribution in [0.2, 0.25) is 0 Å². The fourth-order valence-corrected chi connectivity index (χ4v) is 11.4. The summed E-state index contributed by atoms with van der Waals surface area (Å²) in [7, 11) is 0. The van der Waals surface area contributed by atoms with Crippen LogP contribution in [0.25, 0.3) is 0 Å². The standard InChI is InChI=1S/C46H84N4O3/c1-10-34(33(2)3)14-13-15-35-17-19-39-38-18-16-36-32-37(22-24-46(36,9)40(38)23-25-45(35,39)8)53-42(52)21-20-41(51)50(31-27-44(6,7)48)30-12-11-28-49-29-26-43(4,5)47/h16,33-35,37-40,49H,10-15,17-32,47-48H2,1-9H3. The first kappa shape index (κ1) is 44.3. The number of hydrogen-bond donors (Lipinski definition) is 3. The number of amides is 1. The maximum Gasteiger partial charge on any atom is 0.306 e. The van der Waals surface area contributed by atoms with Gasteiger partial charge in [0.2, 0.25) is 5.91 Å². The molecule has 0 radical (unpaired) electrons. The molecule has 0 bridgehead atoms. The predicted molar refractivity (Wildman–Crippen MR) is 221 cm³/mol. The first-order chi connectivity index (χ1) is 24.9. The molecule has 0 saturated heterocycles. The molecule has 3 fully saturated rings. The average Bonchev–Trinajstić information content (AvgIpc) is 3.41. The van der Waals surface area contributed by atoms with Crippen LogP contribution in [-0.4, -0.2) is 60.1 Å². The lowest BCUT2D eigenvalue weighted by Crippen LogP contribution is -2.50. The SMILES string of the molecule is CCC(CCCC1CCC2C3CC=C4CC(OC(=O)CCC(=O)N(CCCCNCCC(C)(C)N)CCC(C)(C)N)CCC4(C)C3CCC12C)C(C)C. The van der Waals surface area contributed by atoms with E-state index in [9.17, 15) is 9.59 Å². The van der Waals surface area contributed by atoms with Crippen molar-refractivity contribution in [2.45, 2.75) is 195 Å². The molecule has 8 unspecified atom stereocenters. The van der Waals surface area contributed by atoms with E-state index >= 15 is 0 Å². The summed E-state index contributed by atoms with van der Waals surface area (Å²) in [6.07, 6.45) is 21.7. The number of rotatable bonds is 21. The summed E-state index contributed by atoms with van der Waals surface area (Å²) >= 11 is 0. The molecule has 53 heavy (non-hydrogen) atoms. The van der Waals surface area contributed by atoms with Gasteiger partial charge in [-0.2, -0.15) is 0 Å². The second-order valence-corrected chi connectivity index (χ2v) is 20.6. The molecule has 4 aliphatic rings. The van der Waals surface area contributed by atoms with Crippen molar-refractivity contribution in [3.05, 3.63) is 11.6 Å². The molecular formula is C46H84N4O3. The van der Waals surface area contributed by atoms with Crippen LogP contribution in [0.15, 0.2) is 11.6 Å². The highest BCUT2D eigenvalue weighted by Gasteiger charge is 2.58. The van der Waals surface area contributed by atoms with E-state index in [2.05, 4.69) is 46.0 Å². The van der Waals surface area contributed by atoms with E-state index in [4.69, 9.17) is 16.2 Å². The summed E-state index contributed by atoms with van der Waals surface area (Å²) in [6.45, 7) is 23.6. The molecule has 4 aliphatic carbocycles. The monoisotopic (exact) mass is 741 g/mol. The second-order valence-electron chi connectivity index (χ2n) is 20.6. The Morgan fingerprint density at radius 2 is 1.66 bits per heavy atom. The lowest BCUT2D eigenvalue weighted by molar-refractivity contribution is -0.153. The third-order valence-corrected chi connectivity index (χ3v) is 15.0. The zero-order valence-corrected chi connectivity index (χ0v) is 36.0. The fourth-order valence-electron chi connectivity index (χ4n) is 11.4. The quantitative estimate of drug-likeness (QED) is 0.0614. The van der Waals surface area contributed by atoms with E-state index in [-0.39, 0.29) is 47.3 Å². The molecule has 0 aromatic rings. The van der Waals surface area contributed by atoms with Gasteiger partial charge in [0.1, 0.15) is 6.10 Å². The van der Waals surface area contributed by atoms with Crippen molar-refractivity contribution in [1.29, 1.82) is 0 Å². The minimum atomic E-state index is -0.348. The Kier molecular flexibility index (Phi) is 16.0. The number of ether oxygens (including phenoxy) is 1. The van der Waals surface area contributed by atoms with Crippen molar-refractivity contribution in [3.63, 3.8) is 0 Å². The lowest BCUT2D eigenvalue weighted by Gasteiger charge is -2.58. The molecule has 1 amide bonds. The van der Waals surface area contributed by atoms with Crippen LogP contribution in [-0.2, 0) is 14.3 Å². The molecule has 0 aliphatic heterocycles. The van der Waals surface area contributed by atoms with E-state index in [0.717, 1.165) is 93.5 Å². The van der Waals surface area contributed by atoms with Crippen LogP contribution in [0.4, 0.5) is 0 Å². The Balaban J connectivity index is 1.24. The second kappa shape index (κ2) is 19.1. The molecule has 306 valence electrons. The first-order valence-electron chi connectivity index (χ1n) is 22.3. The summed E-state index contributed by atoms with van der Waals surface area (Å²) < 4.78 is 6.11. The number of allylic oxidation sites excluding steroid dienone is 1. The van der Waals surface area contributed by atoms with Crippen molar-refractivity contribution >= 4 is 11.9 Å².